The molecule has 1 aliphatic carbocycles. The lowest BCUT2D eigenvalue weighted by atomic mass is 9.86. The van der Waals surface area contributed by atoms with E-state index < -0.39 is 15.3 Å². The van der Waals surface area contributed by atoms with Crippen molar-refractivity contribution in [3.05, 3.63) is 35.4 Å². The summed E-state index contributed by atoms with van der Waals surface area (Å²) in [4.78, 5) is 13.0. The normalized spacial score (nSPS) is 28.3. The van der Waals surface area contributed by atoms with E-state index in [1.165, 1.54) is 5.56 Å². The van der Waals surface area contributed by atoms with Crippen LogP contribution in [-0.2, 0) is 20.0 Å². The van der Waals surface area contributed by atoms with Crippen molar-refractivity contribution in [1.82, 2.24) is 5.32 Å². The van der Waals surface area contributed by atoms with E-state index in [9.17, 15) is 13.2 Å². The molecule has 0 bridgehead atoms. The van der Waals surface area contributed by atoms with Crippen LogP contribution in [0.5, 0.6) is 0 Å². The number of benzene rings is 1. The Morgan fingerprint density at radius 1 is 1.17 bits per heavy atom. The van der Waals surface area contributed by atoms with Crippen LogP contribution in [0.25, 0.3) is 0 Å². The van der Waals surface area contributed by atoms with Crippen LogP contribution >= 0.6 is 0 Å². The summed E-state index contributed by atoms with van der Waals surface area (Å²) < 4.78 is 23.0. The van der Waals surface area contributed by atoms with Gasteiger partial charge < -0.3 is 5.32 Å². The summed E-state index contributed by atoms with van der Waals surface area (Å²) in [6, 6.07) is 8.25. The van der Waals surface area contributed by atoms with Crippen molar-refractivity contribution in [2.75, 3.05) is 18.1 Å². The molecule has 1 atom stereocenters. The first-order chi connectivity index (χ1) is 11.2. The number of hydrogen-bond acceptors (Lipinski definition) is 3. The molecule has 0 spiro atoms. The van der Waals surface area contributed by atoms with E-state index in [-0.39, 0.29) is 28.7 Å². The van der Waals surface area contributed by atoms with Crippen LogP contribution in [0.1, 0.15) is 44.2 Å². The Hall–Kier alpha value is -1.36. The molecule has 24 heavy (non-hydrogen) atoms. The van der Waals surface area contributed by atoms with Gasteiger partial charge in [-0.1, -0.05) is 43.7 Å². The van der Waals surface area contributed by atoms with Gasteiger partial charge in [-0.15, -0.1) is 0 Å². The van der Waals surface area contributed by atoms with E-state index in [1.54, 1.807) is 0 Å². The van der Waals surface area contributed by atoms with Gasteiger partial charge in [-0.2, -0.15) is 0 Å². The van der Waals surface area contributed by atoms with Crippen LogP contribution in [-0.4, -0.2) is 32.4 Å². The molecule has 0 aromatic heterocycles. The van der Waals surface area contributed by atoms with E-state index in [4.69, 9.17) is 0 Å². The topological polar surface area (TPSA) is 63.2 Å². The minimum absolute atomic E-state index is 0.0394. The van der Waals surface area contributed by atoms with Crippen LogP contribution in [0, 0.1) is 18.3 Å². The first-order valence-electron chi connectivity index (χ1n) is 8.72. The highest BCUT2D eigenvalue weighted by Gasteiger charge is 2.66. The van der Waals surface area contributed by atoms with Gasteiger partial charge in [0.1, 0.15) is 9.84 Å². The van der Waals surface area contributed by atoms with Gasteiger partial charge in [0.15, 0.2) is 0 Å². The van der Waals surface area contributed by atoms with Gasteiger partial charge >= 0.3 is 0 Å². The molecule has 132 valence electrons. The summed E-state index contributed by atoms with van der Waals surface area (Å²) in [5.74, 6) is 0.865. The summed E-state index contributed by atoms with van der Waals surface area (Å²) in [6.45, 7) is 6.91. The minimum atomic E-state index is -2.85. The standard InChI is InChI=1S/C19H27NO3S/c1-14-4-6-16(7-5-14)19(13-18(19,2)3)17(21)20-12-15-8-10-24(22,23)11-9-15/h4-7,15H,8-13H2,1-3H3,(H,20,21)/t19-/m1/s1. The number of carbonyl (C=O) groups excluding carboxylic acids is 1. The fourth-order valence-corrected chi connectivity index (χ4v) is 5.59. The predicted molar refractivity (Wildman–Crippen MR) is 95.6 cm³/mol. The van der Waals surface area contributed by atoms with Gasteiger partial charge in [-0.3, -0.25) is 4.79 Å². The second-order valence-electron chi connectivity index (χ2n) is 8.14. The van der Waals surface area contributed by atoms with Crippen molar-refractivity contribution in [3.63, 3.8) is 0 Å². The largest absolute Gasteiger partial charge is 0.355 e. The summed E-state index contributed by atoms with van der Waals surface area (Å²) in [5.41, 5.74) is 1.79. The number of carbonyl (C=O) groups is 1. The van der Waals surface area contributed by atoms with E-state index in [2.05, 4.69) is 43.4 Å². The molecule has 1 N–H and O–H groups in total. The molecule has 1 saturated carbocycles. The first-order valence-corrected chi connectivity index (χ1v) is 10.5. The number of amides is 1. The molecular weight excluding hydrogens is 322 g/mol. The quantitative estimate of drug-likeness (QED) is 0.909. The molecular formula is C19H27NO3S. The minimum Gasteiger partial charge on any atom is -0.355 e. The Kier molecular flexibility index (Phi) is 4.27. The fraction of sp³-hybridized carbons (Fsp3) is 0.632. The van der Waals surface area contributed by atoms with Crippen LogP contribution in [0.4, 0.5) is 0 Å². The van der Waals surface area contributed by atoms with Gasteiger partial charge in [-0.25, -0.2) is 8.42 Å². The second-order valence-corrected chi connectivity index (χ2v) is 10.4. The Morgan fingerprint density at radius 2 is 1.71 bits per heavy atom. The fourth-order valence-electron chi connectivity index (χ4n) is 4.00. The average molecular weight is 349 g/mol. The smallest absolute Gasteiger partial charge is 0.231 e. The third kappa shape index (κ3) is 3.10. The Balaban J connectivity index is 1.67. The van der Waals surface area contributed by atoms with E-state index >= 15 is 0 Å². The van der Waals surface area contributed by atoms with E-state index in [0.29, 0.717) is 19.4 Å². The molecule has 4 nitrogen and oxygen atoms in total. The molecule has 1 aromatic carbocycles. The first kappa shape index (κ1) is 17.5. The number of hydrogen-bond donors (Lipinski definition) is 1. The number of aryl methyl sites for hydroxylation is 1. The van der Waals surface area contributed by atoms with Crippen molar-refractivity contribution in [2.24, 2.45) is 11.3 Å². The predicted octanol–water partition coefficient (Wildman–Crippen LogP) is 2.60. The van der Waals surface area contributed by atoms with Crippen molar-refractivity contribution >= 4 is 15.7 Å². The zero-order chi connectivity index (χ0) is 17.6. The van der Waals surface area contributed by atoms with Gasteiger partial charge in [0.2, 0.25) is 5.91 Å². The molecule has 1 heterocycles. The summed E-state index contributed by atoms with van der Waals surface area (Å²) in [5, 5.41) is 3.12. The summed E-state index contributed by atoms with van der Waals surface area (Å²) in [7, 11) is -2.85. The van der Waals surface area contributed by atoms with Crippen LogP contribution in [0.3, 0.4) is 0 Å². The molecule has 5 heteroatoms. The Morgan fingerprint density at radius 3 is 2.21 bits per heavy atom. The lowest BCUT2D eigenvalue weighted by Gasteiger charge is -2.25. The molecule has 2 fully saturated rings. The Labute approximate surface area is 145 Å². The van der Waals surface area contributed by atoms with Crippen LogP contribution < -0.4 is 5.32 Å². The molecule has 0 radical (unpaired) electrons. The van der Waals surface area contributed by atoms with E-state index in [0.717, 1.165) is 12.0 Å². The molecule has 3 rings (SSSR count). The van der Waals surface area contributed by atoms with Gasteiger partial charge in [-0.05, 0) is 43.1 Å². The van der Waals surface area contributed by atoms with Crippen molar-refractivity contribution in [2.45, 2.75) is 45.4 Å². The highest BCUT2D eigenvalue weighted by molar-refractivity contribution is 7.91. The second kappa shape index (κ2) is 5.87. The third-order valence-corrected chi connectivity index (χ3v) is 7.61. The highest BCUT2D eigenvalue weighted by atomic mass is 32.2. The molecule has 1 saturated heterocycles. The number of nitrogens with one attached hydrogen (secondary N) is 1. The van der Waals surface area contributed by atoms with Crippen LogP contribution in [0.15, 0.2) is 24.3 Å². The SMILES string of the molecule is Cc1ccc([C@@]2(C(=O)NCC3CCS(=O)(=O)CC3)CC2(C)C)cc1. The average Bonchev–Trinajstić information content (AvgIpc) is 3.10. The molecule has 2 aliphatic rings. The summed E-state index contributed by atoms with van der Waals surface area (Å²) >= 11 is 0. The van der Waals surface area contributed by atoms with Crippen molar-refractivity contribution in [1.29, 1.82) is 0 Å². The number of rotatable bonds is 4. The van der Waals surface area contributed by atoms with Crippen molar-refractivity contribution < 1.29 is 13.2 Å². The monoisotopic (exact) mass is 349 g/mol. The zero-order valence-corrected chi connectivity index (χ0v) is 15.6. The molecule has 1 aliphatic heterocycles. The van der Waals surface area contributed by atoms with Gasteiger partial charge in [0.05, 0.1) is 16.9 Å². The molecule has 0 unspecified atom stereocenters. The molecule has 1 aromatic rings. The van der Waals surface area contributed by atoms with Crippen LogP contribution in [0.2, 0.25) is 0 Å². The lowest BCUT2D eigenvalue weighted by molar-refractivity contribution is -0.124. The van der Waals surface area contributed by atoms with Crippen molar-refractivity contribution in [3.8, 4) is 0 Å². The lowest BCUT2D eigenvalue weighted by Crippen LogP contribution is -2.41. The molecule has 1 amide bonds. The maximum atomic E-state index is 13.0. The van der Waals surface area contributed by atoms with E-state index in [1.807, 2.05) is 6.92 Å². The van der Waals surface area contributed by atoms with Gasteiger partial charge in [0.25, 0.3) is 0 Å². The number of sulfone groups is 1. The zero-order valence-electron chi connectivity index (χ0n) is 14.8. The summed E-state index contributed by atoms with van der Waals surface area (Å²) in [6.07, 6.45) is 2.17. The third-order valence-electron chi connectivity index (χ3n) is 5.89. The Bertz CT molecular complexity index is 722. The maximum Gasteiger partial charge on any atom is 0.231 e. The van der Waals surface area contributed by atoms with Gasteiger partial charge in [0, 0.05) is 6.54 Å². The maximum absolute atomic E-state index is 13.0. The highest BCUT2D eigenvalue weighted by Crippen LogP contribution is 2.64.